The topological polar surface area (TPSA) is 88.3 Å². The van der Waals surface area contributed by atoms with Crippen LogP contribution >= 0.6 is 12.2 Å². The molecule has 0 radical (unpaired) electrons. The zero-order valence-electron chi connectivity index (χ0n) is 21.3. The van der Waals surface area contributed by atoms with Crippen molar-refractivity contribution < 1.29 is 14.3 Å². The fourth-order valence-electron chi connectivity index (χ4n) is 4.66. The van der Waals surface area contributed by atoms with Crippen molar-refractivity contribution in [2.75, 3.05) is 27.3 Å². The summed E-state index contributed by atoms with van der Waals surface area (Å²) in [7, 11) is 3.15. The quantitative estimate of drug-likeness (QED) is 0.294. The first kappa shape index (κ1) is 25.5. The van der Waals surface area contributed by atoms with Crippen LogP contribution in [0, 0.1) is 10.2 Å². The Morgan fingerprint density at radius 2 is 1.72 bits per heavy atom. The zero-order valence-corrected chi connectivity index (χ0v) is 22.1. The first-order chi connectivity index (χ1) is 17.4. The van der Waals surface area contributed by atoms with Crippen LogP contribution in [0.25, 0.3) is 21.8 Å². The summed E-state index contributed by atoms with van der Waals surface area (Å²) in [5, 5.41) is 10.6. The van der Waals surface area contributed by atoms with Crippen molar-refractivity contribution in [1.29, 1.82) is 5.41 Å². The second-order valence-electron chi connectivity index (χ2n) is 8.74. The van der Waals surface area contributed by atoms with Crippen molar-refractivity contribution in [3.63, 3.8) is 0 Å². The largest absolute Gasteiger partial charge is 0.493 e. The lowest BCUT2D eigenvalue weighted by atomic mass is 10.1. The second-order valence-corrected chi connectivity index (χ2v) is 9.13. The SMILES string of the molecule is CCCN(CCC)C(=O)n1cc(CCn2c(=S)[nH]c3cc(OC)c(OC)cc3c2=N)c2ccccc21. The van der Waals surface area contributed by atoms with E-state index in [1.807, 2.05) is 35.4 Å². The van der Waals surface area contributed by atoms with E-state index in [0.717, 1.165) is 42.4 Å². The van der Waals surface area contributed by atoms with Crippen molar-refractivity contribution in [2.24, 2.45) is 0 Å². The van der Waals surface area contributed by atoms with Crippen molar-refractivity contribution in [3.8, 4) is 11.5 Å². The highest BCUT2D eigenvalue weighted by Crippen LogP contribution is 2.30. The van der Waals surface area contributed by atoms with Crippen LogP contribution in [0.1, 0.15) is 32.3 Å². The highest BCUT2D eigenvalue weighted by molar-refractivity contribution is 7.71. The number of hydrogen-bond acceptors (Lipinski definition) is 5. The third-order valence-electron chi connectivity index (χ3n) is 6.40. The van der Waals surface area contributed by atoms with E-state index in [4.69, 9.17) is 27.1 Å². The number of aromatic amines is 1. The summed E-state index contributed by atoms with van der Waals surface area (Å²) in [6.45, 7) is 6.13. The Kier molecular flexibility index (Phi) is 7.79. The van der Waals surface area contributed by atoms with Gasteiger partial charge in [0, 0.05) is 42.7 Å². The monoisotopic (exact) mass is 507 g/mol. The lowest BCUT2D eigenvalue weighted by molar-refractivity contribution is 0.200. The van der Waals surface area contributed by atoms with Gasteiger partial charge in [0.2, 0.25) is 0 Å². The molecule has 36 heavy (non-hydrogen) atoms. The van der Waals surface area contributed by atoms with Crippen molar-refractivity contribution in [1.82, 2.24) is 19.0 Å². The van der Waals surface area contributed by atoms with Crippen LogP contribution < -0.4 is 15.0 Å². The van der Waals surface area contributed by atoms with Gasteiger partial charge < -0.3 is 23.9 Å². The lowest BCUT2D eigenvalue weighted by Gasteiger charge is -2.22. The summed E-state index contributed by atoms with van der Waals surface area (Å²) in [5.41, 5.74) is 2.95. The summed E-state index contributed by atoms with van der Waals surface area (Å²) >= 11 is 5.61. The van der Waals surface area contributed by atoms with Gasteiger partial charge in [0.05, 0.1) is 25.3 Å². The van der Waals surface area contributed by atoms with Crippen LogP contribution in [0.3, 0.4) is 0 Å². The molecule has 0 saturated heterocycles. The molecule has 4 rings (SSSR count). The molecule has 0 aliphatic rings. The van der Waals surface area contributed by atoms with Crippen molar-refractivity contribution in [2.45, 2.75) is 39.7 Å². The molecule has 0 atom stereocenters. The van der Waals surface area contributed by atoms with Gasteiger partial charge in [0.15, 0.2) is 16.3 Å². The maximum absolute atomic E-state index is 13.4. The number of carbonyl (C=O) groups excluding carboxylic acids is 1. The van der Waals surface area contributed by atoms with Crippen molar-refractivity contribution in [3.05, 3.63) is 58.4 Å². The Morgan fingerprint density at radius 3 is 2.39 bits per heavy atom. The van der Waals surface area contributed by atoms with Gasteiger partial charge in [-0.15, -0.1) is 0 Å². The molecule has 2 heterocycles. The number of methoxy groups -OCH3 is 2. The Balaban J connectivity index is 1.71. The van der Waals surface area contributed by atoms with E-state index in [0.29, 0.717) is 45.6 Å². The standard InChI is InChI=1S/C27H33N5O3S/c1-5-12-30(13-6-2)27(33)32-17-18(19-9-7-8-10-22(19)32)11-14-31-25(28)20-15-23(34-3)24(35-4)16-21(20)29-26(31)36/h7-10,15-17,28H,5-6,11-14H2,1-4H3,(H,29,36). The van der Waals surface area contributed by atoms with E-state index >= 15 is 0 Å². The molecule has 0 fully saturated rings. The smallest absolute Gasteiger partial charge is 0.328 e. The number of para-hydroxylation sites is 1. The minimum atomic E-state index is -0.000905. The molecule has 0 bridgehead atoms. The molecule has 0 aliphatic heterocycles. The number of aryl methyl sites for hydroxylation is 1. The molecule has 2 N–H and O–H groups in total. The molecule has 0 unspecified atom stereocenters. The lowest BCUT2D eigenvalue weighted by Crippen LogP contribution is -2.35. The molecule has 1 amide bonds. The Labute approximate surface area is 215 Å². The van der Waals surface area contributed by atoms with Gasteiger partial charge in [-0.3, -0.25) is 9.98 Å². The molecule has 8 nitrogen and oxygen atoms in total. The molecule has 2 aromatic carbocycles. The molecule has 4 aromatic rings. The van der Waals surface area contributed by atoms with Crippen molar-refractivity contribution >= 4 is 40.1 Å². The minimum Gasteiger partial charge on any atom is -0.493 e. The molecule has 9 heteroatoms. The molecular formula is C27H33N5O3S. The van der Waals surface area contributed by atoms with E-state index in [1.165, 1.54) is 0 Å². The Morgan fingerprint density at radius 1 is 1.06 bits per heavy atom. The van der Waals surface area contributed by atoms with Gasteiger partial charge in [-0.2, -0.15) is 0 Å². The Hall–Kier alpha value is -3.59. The average Bonchev–Trinajstić information content (AvgIpc) is 3.26. The van der Waals surface area contributed by atoms with Gasteiger partial charge in [-0.1, -0.05) is 32.0 Å². The van der Waals surface area contributed by atoms with Crippen LogP contribution in [-0.4, -0.2) is 52.4 Å². The first-order valence-corrected chi connectivity index (χ1v) is 12.7. The number of aromatic nitrogens is 3. The van der Waals surface area contributed by atoms with E-state index < -0.39 is 0 Å². The molecule has 0 saturated carbocycles. The predicted octanol–water partition coefficient (Wildman–Crippen LogP) is 5.48. The summed E-state index contributed by atoms with van der Waals surface area (Å²) in [4.78, 5) is 18.5. The van der Waals surface area contributed by atoms with Gasteiger partial charge in [0.1, 0.15) is 5.49 Å². The van der Waals surface area contributed by atoms with E-state index in [1.54, 1.807) is 35.5 Å². The van der Waals surface area contributed by atoms with Crippen LogP contribution in [0.4, 0.5) is 4.79 Å². The molecular weight excluding hydrogens is 474 g/mol. The number of hydrogen-bond donors (Lipinski definition) is 2. The molecule has 0 aliphatic carbocycles. The third kappa shape index (κ3) is 4.75. The van der Waals surface area contributed by atoms with E-state index in [-0.39, 0.29) is 6.03 Å². The van der Waals surface area contributed by atoms with Gasteiger partial charge >= 0.3 is 6.03 Å². The van der Waals surface area contributed by atoms with Crippen LogP contribution in [0.5, 0.6) is 11.5 Å². The zero-order chi connectivity index (χ0) is 25.8. The summed E-state index contributed by atoms with van der Waals surface area (Å²) in [6.07, 6.45) is 4.39. The van der Waals surface area contributed by atoms with Gasteiger partial charge in [-0.05, 0) is 49.2 Å². The maximum atomic E-state index is 13.4. The Bertz CT molecular complexity index is 1510. The summed E-state index contributed by atoms with van der Waals surface area (Å²) < 4.78 is 14.8. The fourth-order valence-corrected chi connectivity index (χ4v) is 4.95. The summed E-state index contributed by atoms with van der Waals surface area (Å²) in [5.74, 6) is 1.13. The van der Waals surface area contributed by atoms with E-state index in [9.17, 15) is 4.79 Å². The summed E-state index contributed by atoms with van der Waals surface area (Å²) in [6, 6.07) is 11.6. The first-order valence-electron chi connectivity index (χ1n) is 12.2. The van der Waals surface area contributed by atoms with Crippen LogP contribution in [0.2, 0.25) is 0 Å². The fraction of sp³-hybridized carbons (Fsp3) is 0.370. The number of carbonyl (C=O) groups is 1. The number of nitrogens with zero attached hydrogens (tertiary/aromatic N) is 3. The number of H-pyrrole nitrogens is 1. The number of rotatable bonds is 9. The van der Waals surface area contributed by atoms with Gasteiger partial charge in [0.25, 0.3) is 0 Å². The maximum Gasteiger partial charge on any atom is 0.328 e. The second kappa shape index (κ2) is 11.0. The van der Waals surface area contributed by atoms with Crippen LogP contribution in [0.15, 0.2) is 42.6 Å². The highest BCUT2D eigenvalue weighted by Gasteiger charge is 2.19. The van der Waals surface area contributed by atoms with Gasteiger partial charge in [-0.25, -0.2) is 4.79 Å². The number of fused-ring (bicyclic) bond motifs is 2. The molecule has 0 spiro atoms. The number of amides is 1. The average molecular weight is 508 g/mol. The minimum absolute atomic E-state index is 0.000905. The number of benzene rings is 2. The third-order valence-corrected chi connectivity index (χ3v) is 6.72. The highest BCUT2D eigenvalue weighted by atomic mass is 32.1. The number of nitrogens with one attached hydrogen (secondary N) is 2. The number of ether oxygens (including phenoxy) is 2. The normalized spacial score (nSPS) is 11.2. The predicted molar refractivity (Wildman–Crippen MR) is 145 cm³/mol. The van der Waals surface area contributed by atoms with Crippen LogP contribution in [-0.2, 0) is 13.0 Å². The molecule has 190 valence electrons. The van der Waals surface area contributed by atoms with E-state index in [2.05, 4.69) is 18.8 Å². The molecule has 2 aromatic heterocycles.